The van der Waals surface area contributed by atoms with Crippen molar-refractivity contribution >= 4 is 11.8 Å². The molecule has 36 heavy (non-hydrogen) atoms. The maximum Gasteiger partial charge on any atom is 0.303 e. The van der Waals surface area contributed by atoms with Crippen molar-refractivity contribution in [2.45, 2.75) is 70.8 Å². The van der Waals surface area contributed by atoms with Crippen LogP contribution >= 0.6 is 0 Å². The molecular formula is C30H35N3O3. The minimum atomic E-state index is -0.727. The zero-order valence-electron chi connectivity index (χ0n) is 21.4. The number of benzene rings is 2. The van der Waals surface area contributed by atoms with E-state index < -0.39 is 5.97 Å². The number of nitrogens with zero attached hydrogens (tertiary/aromatic N) is 3. The standard InChI is InChI=1S/C30H35N3O3/c1-19(2)21-4-6-22(7-5-21)29-31-18-20(3)30(32-29)33-14-12-25(13-15-33)36-26-10-11-27-23(16-26)8-9-24(27)17-28(34)35/h4-7,10-11,16,18-19,24-25H,8-9,12-15,17H2,1-3H3,(H,34,35)/t24-/m0/s1. The summed E-state index contributed by atoms with van der Waals surface area (Å²) in [6.07, 6.45) is 6.00. The molecule has 0 saturated carbocycles. The van der Waals surface area contributed by atoms with Crippen molar-refractivity contribution in [1.29, 1.82) is 0 Å². The largest absolute Gasteiger partial charge is 0.490 e. The lowest BCUT2D eigenvalue weighted by molar-refractivity contribution is -0.137. The summed E-state index contributed by atoms with van der Waals surface area (Å²) >= 11 is 0. The van der Waals surface area contributed by atoms with Gasteiger partial charge in [0.05, 0.1) is 6.42 Å². The first kappa shape index (κ1) is 24.3. The number of piperidine rings is 1. The molecular weight excluding hydrogens is 450 g/mol. The van der Waals surface area contributed by atoms with Crippen LogP contribution in [0.5, 0.6) is 5.75 Å². The van der Waals surface area contributed by atoms with E-state index in [0.29, 0.717) is 5.92 Å². The van der Waals surface area contributed by atoms with E-state index in [0.717, 1.165) is 67.3 Å². The van der Waals surface area contributed by atoms with Crippen molar-refractivity contribution < 1.29 is 14.6 Å². The molecule has 6 nitrogen and oxygen atoms in total. The molecule has 1 aliphatic carbocycles. The highest BCUT2D eigenvalue weighted by molar-refractivity contribution is 5.68. The van der Waals surface area contributed by atoms with Crippen LogP contribution in [0.2, 0.25) is 0 Å². The van der Waals surface area contributed by atoms with Gasteiger partial charge in [0.1, 0.15) is 17.7 Å². The summed E-state index contributed by atoms with van der Waals surface area (Å²) in [6.45, 7) is 8.25. The second kappa shape index (κ2) is 10.3. The first-order chi connectivity index (χ1) is 17.4. The number of hydrogen-bond acceptors (Lipinski definition) is 5. The van der Waals surface area contributed by atoms with Crippen LogP contribution in [-0.2, 0) is 11.2 Å². The Hall–Kier alpha value is -3.41. The Morgan fingerprint density at radius 1 is 1.11 bits per heavy atom. The number of hydrogen-bond donors (Lipinski definition) is 1. The third-order valence-corrected chi connectivity index (χ3v) is 7.56. The van der Waals surface area contributed by atoms with Crippen LogP contribution in [0.25, 0.3) is 11.4 Å². The van der Waals surface area contributed by atoms with Gasteiger partial charge in [0.25, 0.3) is 0 Å². The Kier molecular flexibility index (Phi) is 6.95. The van der Waals surface area contributed by atoms with Crippen molar-refractivity contribution in [3.05, 3.63) is 70.9 Å². The van der Waals surface area contributed by atoms with Crippen molar-refractivity contribution in [2.24, 2.45) is 0 Å². The molecule has 1 atom stereocenters. The van der Waals surface area contributed by atoms with Gasteiger partial charge in [-0.15, -0.1) is 0 Å². The molecule has 2 heterocycles. The third-order valence-electron chi connectivity index (χ3n) is 7.56. The van der Waals surface area contributed by atoms with E-state index in [1.807, 2.05) is 12.3 Å². The van der Waals surface area contributed by atoms with Crippen LogP contribution in [0.3, 0.4) is 0 Å². The Morgan fingerprint density at radius 2 is 1.86 bits per heavy atom. The average molecular weight is 486 g/mol. The number of fused-ring (bicyclic) bond motifs is 1. The fourth-order valence-electron chi connectivity index (χ4n) is 5.47. The number of aliphatic carboxylic acids is 1. The molecule has 0 radical (unpaired) electrons. The molecule has 1 aromatic heterocycles. The van der Waals surface area contributed by atoms with Crippen LogP contribution < -0.4 is 9.64 Å². The van der Waals surface area contributed by atoms with Crippen molar-refractivity contribution in [3.63, 3.8) is 0 Å². The summed E-state index contributed by atoms with van der Waals surface area (Å²) in [5.74, 6) is 2.58. The minimum Gasteiger partial charge on any atom is -0.490 e. The van der Waals surface area contributed by atoms with Gasteiger partial charge in [-0.1, -0.05) is 44.2 Å². The molecule has 1 N–H and O–H groups in total. The molecule has 1 saturated heterocycles. The van der Waals surface area contributed by atoms with E-state index >= 15 is 0 Å². The van der Waals surface area contributed by atoms with Crippen molar-refractivity contribution in [1.82, 2.24) is 9.97 Å². The Morgan fingerprint density at radius 3 is 2.56 bits per heavy atom. The highest BCUT2D eigenvalue weighted by Crippen LogP contribution is 2.38. The van der Waals surface area contributed by atoms with E-state index in [4.69, 9.17) is 14.8 Å². The summed E-state index contributed by atoms with van der Waals surface area (Å²) in [6, 6.07) is 14.8. The second-order valence-corrected chi connectivity index (χ2v) is 10.5. The van der Waals surface area contributed by atoms with Crippen LogP contribution in [0, 0.1) is 6.92 Å². The maximum absolute atomic E-state index is 11.1. The van der Waals surface area contributed by atoms with Crippen LogP contribution in [0.1, 0.15) is 73.6 Å². The SMILES string of the molecule is Cc1cnc(-c2ccc(C(C)C)cc2)nc1N1CCC(Oc2ccc3c(c2)CC[C@H]3CC(=O)O)CC1. The number of aryl methyl sites for hydroxylation is 2. The summed E-state index contributed by atoms with van der Waals surface area (Å²) in [4.78, 5) is 23.0. The van der Waals surface area contributed by atoms with Gasteiger partial charge < -0.3 is 14.7 Å². The molecule has 2 aromatic carbocycles. The zero-order valence-corrected chi connectivity index (χ0v) is 21.4. The zero-order chi connectivity index (χ0) is 25.2. The topological polar surface area (TPSA) is 75.5 Å². The van der Waals surface area contributed by atoms with Crippen LogP contribution in [0.15, 0.2) is 48.7 Å². The Bertz CT molecular complexity index is 1230. The first-order valence-electron chi connectivity index (χ1n) is 13.1. The lowest BCUT2D eigenvalue weighted by atomic mass is 9.98. The summed E-state index contributed by atoms with van der Waals surface area (Å²) < 4.78 is 6.36. The van der Waals surface area contributed by atoms with E-state index in [2.05, 4.69) is 67.1 Å². The number of carboxylic acids is 1. The predicted molar refractivity (Wildman–Crippen MR) is 142 cm³/mol. The van der Waals surface area contributed by atoms with E-state index in [9.17, 15) is 4.79 Å². The quantitative estimate of drug-likeness (QED) is 0.434. The Balaban J connectivity index is 1.22. The lowest BCUT2D eigenvalue weighted by Crippen LogP contribution is -2.39. The molecule has 0 bridgehead atoms. The summed E-state index contributed by atoms with van der Waals surface area (Å²) in [5, 5.41) is 9.16. The van der Waals surface area contributed by atoms with E-state index in [1.165, 1.54) is 16.7 Å². The van der Waals surface area contributed by atoms with Crippen molar-refractivity contribution in [2.75, 3.05) is 18.0 Å². The van der Waals surface area contributed by atoms with E-state index in [1.54, 1.807) is 0 Å². The molecule has 6 heteroatoms. The Labute approximate surface area is 213 Å². The molecule has 3 aromatic rings. The van der Waals surface area contributed by atoms with Gasteiger partial charge >= 0.3 is 5.97 Å². The highest BCUT2D eigenvalue weighted by Gasteiger charge is 2.27. The fraction of sp³-hybridized carbons (Fsp3) is 0.433. The minimum absolute atomic E-state index is 0.129. The molecule has 0 amide bonds. The summed E-state index contributed by atoms with van der Waals surface area (Å²) in [5.41, 5.74) is 5.86. The number of carbonyl (C=O) groups is 1. The second-order valence-electron chi connectivity index (χ2n) is 10.5. The smallest absolute Gasteiger partial charge is 0.303 e. The number of rotatable bonds is 7. The fourth-order valence-corrected chi connectivity index (χ4v) is 5.47. The molecule has 1 fully saturated rings. The van der Waals surface area contributed by atoms with Gasteiger partial charge in [0.15, 0.2) is 5.82 Å². The number of ether oxygens (including phenoxy) is 1. The van der Waals surface area contributed by atoms with Gasteiger partial charge in [0, 0.05) is 43.3 Å². The van der Waals surface area contributed by atoms with Gasteiger partial charge in [0.2, 0.25) is 0 Å². The predicted octanol–water partition coefficient (Wildman–Crippen LogP) is 6.13. The van der Waals surface area contributed by atoms with Gasteiger partial charge in [-0.2, -0.15) is 0 Å². The van der Waals surface area contributed by atoms with Crippen LogP contribution in [-0.4, -0.2) is 40.2 Å². The normalized spacial score (nSPS) is 17.9. The molecule has 0 unspecified atom stereocenters. The van der Waals surface area contributed by atoms with Crippen LogP contribution in [0.4, 0.5) is 5.82 Å². The molecule has 0 spiro atoms. The molecule has 5 rings (SSSR count). The van der Waals surface area contributed by atoms with Crippen molar-refractivity contribution in [3.8, 4) is 17.1 Å². The van der Waals surface area contributed by atoms with E-state index in [-0.39, 0.29) is 18.4 Å². The highest BCUT2D eigenvalue weighted by atomic mass is 16.5. The average Bonchev–Trinajstić information content (AvgIpc) is 3.26. The third kappa shape index (κ3) is 5.23. The molecule has 2 aliphatic rings. The first-order valence-corrected chi connectivity index (χ1v) is 13.1. The number of carboxylic acid groups (broad SMARTS) is 1. The van der Waals surface area contributed by atoms with Gasteiger partial charge in [-0.3, -0.25) is 4.79 Å². The molecule has 1 aliphatic heterocycles. The summed E-state index contributed by atoms with van der Waals surface area (Å²) in [7, 11) is 0. The molecule has 188 valence electrons. The van der Waals surface area contributed by atoms with Gasteiger partial charge in [-0.25, -0.2) is 9.97 Å². The number of aromatic nitrogens is 2. The maximum atomic E-state index is 11.1. The number of anilines is 1. The lowest BCUT2D eigenvalue weighted by Gasteiger charge is -2.33. The monoisotopic (exact) mass is 485 g/mol. The van der Waals surface area contributed by atoms with Gasteiger partial charge in [-0.05, 0) is 60.4 Å².